The first-order valence-corrected chi connectivity index (χ1v) is 11.4. The number of rotatable bonds is 14. The smallest absolute Gasteiger partial charge is 0.326 e. The first kappa shape index (κ1) is 28.9. The van der Waals surface area contributed by atoms with Gasteiger partial charge < -0.3 is 31.9 Å². The van der Waals surface area contributed by atoms with E-state index in [1.165, 1.54) is 0 Å². The topological polar surface area (TPSA) is 188 Å². The maximum absolute atomic E-state index is 13.0. The van der Waals surface area contributed by atoms with Gasteiger partial charge in [0.25, 0.3) is 0 Å². The Bertz CT molecular complexity index is 866. The molecule has 0 bridgehead atoms. The standard InChI is InChI=1S/C22H32N4O7S/c1-12(2)18(22(32)33)26-21(31)16(11-34)25-20(30)15(10-13-6-4-3-5-7-13)24-19(29)14(23)8-9-17(27)28/h3-7,12,14-16,18,34H,8-11,23H2,1-2H3,(H,24,29)(H,25,30)(H,26,31)(H,27,28)(H,32,33). The predicted octanol–water partition coefficient (Wildman–Crippen LogP) is -0.454. The Kier molecular flexibility index (Phi) is 12.1. The molecule has 0 aromatic heterocycles. The number of hydrogen-bond donors (Lipinski definition) is 7. The number of benzene rings is 1. The van der Waals surface area contributed by atoms with Gasteiger partial charge in [0.1, 0.15) is 18.1 Å². The first-order chi connectivity index (χ1) is 16.0. The van der Waals surface area contributed by atoms with Crippen LogP contribution in [0.4, 0.5) is 0 Å². The summed E-state index contributed by atoms with van der Waals surface area (Å²) in [5.41, 5.74) is 6.48. The van der Waals surface area contributed by atoms with Crippen LogP contribution >= 0.6 is 12.6 Å². The van der Waals surface area contributed by atoms with Gasteiger partial charge in [0, 0.05) is 18.6 Å². The van der Waals surface area contributed by atoms with Crippen molar-refractivity contribution in [3.63, 3.8) is 0 Å². The molecule has 0 heterocycles. The Morgan fingerprint density at radius 1 is 0.912 bits per heavy atom. The fraction of sp³-hybridized carbons (Fsp3) is 0.500. The summed E-state index contributed by atoms with van der Waals surface area (Å²) >= 11 is 4.09. The Morgan fingerprint density at radius 3 is 1.97 bits per heavy atom. The second-order valence-electron chi connectivity index (χ2n) is 8.10. The summed E-state index contributed by atoms with van der Waals surface area (Å²) in [5.74, 6) is -4.97. The van der Waals surface area contributed by atoms with E-state index < -0.39 is 59.7 Å². The van der Waals surface area contributed by atoms with E-state index >= 15 is 0 Å². The molecule has 11 nitrogen and oxygen atoms in total. The van der Waals surface area contributed by atoms with E-state index in [2.05, 4.69) is 28.6 Å². The van der Waals surface area contributed by atoms with Gasteiger partial charge in [-0.3, -0.25) is 19.2 Å². The molecule has 1 rings (SSSR count). The molecule has 0 fully saturated rings. The third-order valence-corrected chi connectivity index (χ3v) is 5.33. The second kappa shape index (κ2) is 14.2. The molecule has 7 N–H and O–H groups in total. The predicted molar refractivity (Wildman–Crippen MR) is 127 cm³/mol. The zero-order valence-corrected chi connectivity index (χ0v) is 20.0. The van der Waals surface area contributed by atoms with Gasteiger partial charge in [-0.2, -0.15) is 12.6 Å². The normalized spacial score (nSPS) is 14.4. The second-order valence-corrected chi connectivity index (χ2v) is 8.47. The number of carbonyl (C=O) groups excluding carboxylic acids is 3. The Morgan fingerprint density at radius 2 is 1.47 bits per heavy atom. The molecule has 1 aromatic rings. The molecule has 4 atom stereocenters. The number of carbonyl (C=O) groups is 5. The number of nitrogens with one attached hydrogen (secondary N) is 3. The van der Waals surface area contributed by atoms with Crippen LogP contribution in [0.1, 0.15) is 32.3 Å². The van der Waals surface area contributed by atoms with Crippen molar-refractivity contribution in [3.05, 3.63) is 35.9 Å². The van der Waals surface area contributed by atoms with Gasteiger partial charge in [-0.25, -0.2) is 4.79 Å². The van der Waals surface area contributed by atoms with Crippen molar-refractivity contribution in [3.8, 4) is 0 Å². The lowest BCUT2D eigenvalue weighted by molar-refractivity contribution is -0.143. The molecule has 4 unspecified atom stereocenters. The van der Waals surface area contributed by atoms with Crippen molar-refractivity contribution < 1.29 is 34.2 Å². The van der Waals surface area contributed by atoms with Gasteiger partial charge in [0.15, 0.2) is 0 Å². The molecule has 0 spiro atoms. The van der Waals surface area contributed by atoms with Gasteiger partial charge >= 0.3 is 11.9 Å². The molecule has 0 aliphatic heterocycles. The number of carboxylic acid groups (broad SMARTS) is 2. The van der Waals surface area contributed by atoms with Gasteiger partial charge in [-0.1, -0.05) is 44.2 Å². The summed E-state index contributed by atoms with van der Waals surface area (Å²) in [7, 11) is 0. The fourth-order valence-corrected chi connectivity index (χ4v) is 3.24. The number of aliphatic carboxylic acids is 2. The number of nitrogens with two attached hydrogens (primary N) is 1. The number of amides is 3. The largest absolute Gasteiger partial charge is 0.481 e. The van der Waals surface area contributed by atoms with Crippen LogP contribution in [-0.4, -0.2) is 69.8 Å². The molecule has 12 heteroatoms. The van der Waals surface area contributed by atoms with E-state index in [0.29, 0.717) is 0 Å². The molecule has 3 amide bonds. The molecule has 34 heavy (non-hydrogen) atoms. The summed E-state index contributed by atoms with van der Waals surface area (Å²) in [6, 6.07) is 4.22. The fourth-order valence-electron chi connectivity index (χ4n) is 2.98. The highest BCUT2D eigenvalue weighted by molar-refractivity contribution is 7.80. The third-order valence-electron chi connectivity index (χ3n) is 4.97. The van der Waals surface area contributed by atoms with Crippen LogP contribution in [0.5, 0.6) is 0 Å². The maximum atomic E-state index is 13.0. The molecular weight excluding hydrogens is 464 g/mol. The van der Waals surface area contributed by atoms with E-state index in [4.69, 9.17) is 10.8 Å². The first-order valence-electron chi connectivity index (χ1n) is 10.7. The minimum atomic E-state index is -1.21. The van der Waals surface area contributed by atoms with Crippen LogP contribution in [0.15, 0.2) is 30.3 Å². The van der Waals surface area contributed by atoms with E-state index in [1.54, 1.807) is 44.2 Å². The lowest BCUT2D eigenvalue weighted by atomic mass is 10.0. The molecule has 0 aliphatic rings. The van der Waals surface area contributed by atoms with Crippen molar-refractivity contribution in [2.45, 2.75) is 57.3 Å². The molecule has 0 radical (unpaired) electrons. The summed E-state index contributed by atoms with van der Waals surface area (Å²) in [4.78, 5) is 60.2. The summed E-state index contributed by atoms with van der Waals surface area (Å²) in [5, 5.41) is 25.5. The third kappa shape index (κ3) is 9.79. The molecule has 0 aliphatic carbocycles. The number of thiol groups is 1. The van der Waals surface area contributed by atoms with E-state index in [-0.39, 0.29) is 25.0 Å². The van der Waals surface area contributed by atoms with Crippen LogP contribution in [0.25, 0.3) is 0 Å². The van der Waals surface area contributed by atoms with Crippen molar-refractivity contribution in [2.75, 3.05) is 5.75 Å². The number of hydrogen-bond acceptors (Lipinski definition) is 7. The van der Waals surface area contributed by atoms with Crippen molar-refractivity contribution >= 4 is 42.3 Å². The quantitative estimate of drug-likeness (QED) is 0.169. The van der Waals surface area contributed by atoms with Crippen molar-refractivity contribution in [1.82, 2.24) is 16.0 Å². The van der Waals surface area contributed by atoms with Crippen LogP contribution < -0.4 is 21.7 Å². The average molecular weight is 497 g/mol. The van der Waals surface area contributed by atoms with E-state index in [9.17, 15) is 29.1 Å². The summed E-state index contributed by atoms with van der Waals surface area (Å²) in [6.45, 7) is 3.26. The lowest BCUT2D eigenvalue weighted by Crippen LogP contribution is -2.58. The van der Waals surface area contributed by atoms with Crippen LogP contribution in [0.2, 0.25) is 0 Å². The van der Waals surface area contributed by atoms with E-state index in [1.807, 2.05) is 0 Å². The monoisotopic (exact) mass is 496 g/mol. The zero-order chi connectivity index (χ0) is 25.8. The molecular formula is C22H32N4O7S. The van der Waals surface area contributed by atoms with Gasteiger partial charge in [-0.15, -0.1) is 0 Å². The van der Waals surface area contributed by atoms with Gasteiger partial charge in [-0.05, 0) is 17.9 Å². The van der Waals surface area contributed by atoms with Crippen LogP contribution in [0, 0.1) is 5.92 Å². The van der Waals surface area contributed by atoms with E-state index in [0.717, 1.165) is 5.56 Å². The Balaban J connectivity index is 2.97. The lowest BCUT2D eigenvalue weighted by Gasteiger charge is -2.25. The molecule has 1 aromatic carbocycles. The highest BCUT2D eigenvalue weighted by atomic mass is 32.1. The van der Waals surface area contributed by atoms with Crippen LogP contribution in [0.3, 0.4) is 0 Å². The van der Waals surface area contributed by atoms with Crippen LogP contribution in [-0.2, 0) is 30.4 Å². The zero-order valence-electron chi connectivity index (χ0n) is 19.1. The molecule has 0 saturated carbocycles. The van der Waals surface area contributed by atoms with Gasteiger partial charge in [0.2, 0.25) is 17.7 Å². The SMILES string of the molecule is CC(C)C(NC(=O)C(CS)NC(=O)C(Cc1ccccc1)NC(=O)C(N)CCC(=O)O)C(=O)O. The highest BCUT2D eigenvalue weighted by Gasteiger charge is 2.31. The minimum absolute atomic E-state index is 0.0781. The maximum Gasteiger partial charge on any atom is 0.326 e. The average Bonchev–Trinajstić information content (AvgIpc) is 2.78. The molecule has 188 valence electrons. The van der Waals surface area contributed by atoms with Crippen molar-refractivity contribution in [1.29, 1.82) is 0 Å². The summed E-state index contributed by atoms with van der Waals surface area (Å²) < 4.78 is 0. The molecule has 0 saturated heterocycles. The highest BCUT2D eigenvalue weighted by Crippen LogP contribution is 2.07. The number of carboxylic acids is 2. The minimum Gasteiger partial charge on any atom is -0.481 e. The summed E-state index contributed by atoms with van der Waals surface area (Å²) in [6.07, 6.45) is -0.352. The van der Waals surface area contributed by atoms with Crippen molar-refractivity contribution in [2.24, 2.45) is 11.7 Å². The Labute approximate surface area is 203 Å². The Hall–Kier alpha value is -3.12. The van der Waals surface area contributed by atoms with Gasteiger partial charge in [0.05, 0.1) is 6.04 Å².